The molecule has 152 valence electrons. The molecule has 1 saturated heterocycles. The summed E-state index contributed by atoms with van der Waals surface area (Å²) in [6.45, 7) is 1.63. The Morgan fingerprint density at radius 1 is 1.00 bits per heavy atom. The van der Waals surface area contributed by atoms with E-state index in [1.807, 2.05) is 53.4 Å². The molecule has 6 nitrogen and oxygen atoms in total. The highest BCUT2D eigenvalue weighted by molar-refractivity contribution is 5.95. The van der Waals surface area contributed by atoms with E-state index in [1.165, 1.54) is 0 Å². The molecule has 0 unspecified atom stereocenters. The van der Waals surface area contributed by atoms with Gasteiger partial charge in [-0.15, -0.1) is 0 Å². The van der Waals surface area contributed by atoms with Crippen molar-refractivity contribution in [3.05, 3.63) is 84.3 Å². The minimum absolute atomic E-state index is 0.0104. The largest absolute Gasteiger partial charge is 0.352 e. The van der Waals surface area contributed by atoms with E-state index in [9.17, 15) is 9.59 Å². The SMILES string of the molecule is O=C(NCc1cccnc1)C1CCN(C(=O)c2ccnc(-c3ccccc3)c2)CC1. The molecule has 30 heavy (non-hydrogen) atoms. The van der Waals surface area contributed by atoms with Crippen LogP contribution in [0.4, 0.5) is 0 Å². The molecule has 2 aromatic heterocycles. The standard InChI is InChI=1S/C24H24N4O2/c29-23(27-17-18-5-4-11-25-16-18)20-9-13-28(14-10-20)24(30)21-8-12-26-22(15-21)19-6-2-1-3-7-19/h1-8,11-12,15-16,20H,9-10,13-14,17H2,(H,27,29). The van der Waals surface area contributed by atoms with E-state index in [-0.39, 0.29) is 17.7 Å². The van der Waals surface area contributed by atoms with Gasteiger partial charge < -0.3 is 10.2 Å². The first-order valence-corrected chi connectivity index (χ1v) is 10.2. The third-order valence-corrected chi connectivity index (χ3v) is 5.42. The van der Waals surface area contributed by atoms with Crippen molar-refractivity contribution < 1.29 is 9.59 Å². The molecule has 1 fully saturated rings. The summed E-state index contributed by atoms with van der Waals surface area (Å²) < 4.78 is 0. The zero-order valence-electron chi connectivity index (χ0n) is 16.7. The Hall–Kier alpha value is -3.54. The number of aromatic nitrogens is 2. The van der Waals surface area contributed by atoms with E-state index in [0.29, 0.717) is 38.0 Å². The molecule has 0 atom stereocenters. The lowest BCUT2D eigenvalue weighted by Gasteiger charge is -2.31. The maximum absolute atomic E-state index is 13.0. The van der Waals surface area contributed by atoms with Crippen molar-refractivity contribution in [3.63, 3.8) is 0 Å². The highest BCUT2D eigenvalue weighted by atomic mass is 16.2. The molecule has 0 spiro atoms. The Balaban J connectivity index is 1.33. The fourth-order valence-corrected chi connectivity index (χ4v) is 3.69. The number of nitrogens with zero attached hydrogens (tertiary/aromatic N) is 3. The summed E-state index contributed by atoms with van der Waals surface area (Å²) in [4.78, 5) is 35.7. The average molecular weight is 400 g/mol. The van der Waals surface area contributed by atoms with Crippen LogP contribution in [0.15, 0.2) is 73.2 Å². The van der Waals surface area contributed by atoms with E-state index in [2.05, 4.69) is 15.3 Å². The van der Waals surface area contributed by atoms with E-state index in [0.717, 1.165) is 16.8 Å². The fourth-order valence-electron chi connectivity index (χ4n) is 3.69. The average Bonchev–Trinajstić information content (AvgIpc) is 2.83. The summed E-state index contributed by atoms with van der Waals surface area (Å²) in [6.07, 6.45) is 6.47. The molecule has 6 heteroatoms. The quantitative estimate of drug-likeness (QED) is 0.713. The van der Waals surface area contributed by atoms with Gasteiger partial charge in [0.2, 0.25) is 5.91 Å². The van der Waals surface area contributed by atoms with Crippen LogP contribution in [0.2, 0.25) is 0 Å². The molecule has 4 rings (SSSR count). The Bertz CT molecular complexity index is 1000. The summed E-state index contributed by atoms with van der Waals surface area (Å²) in [5, 5.41) is 2.98. The molecule has 1 aromatic carbocycles. The fraction of sp³-hybridized carbons (Fsp3) is 0.250. The Kier molecular flexibility index (Phi) is 6.13. The number of piperidine rings is 1. The third kappa shape index (κ3) is 4.71. The molecular weight excluding hydrogens is 376 g/mol. The first-order valence-electron chi connectivity index (χ1n) is 10.2. The molecule has 1 aliphatic rings. The predicted molar refractivity (Wildman–Crippen MR) is 114 cm³/mol. The van der Waals surface area contributed by atoms with Crippen LogP contribution in [-0.4, -0.2) is 39.8 Å². The molecule has 0 saturated carbocycles. The maximum Gasteiger partial charge on any atom is 0.253 e. The van der Waals surface area contributed by atoms with Gasteiger partial charge in [0.25, 0.3) is 5.91 Å². The lowest BCUT2D eigenvalue weighted by Crippen LogP contribution is -2.43. The van der Waals surface area contributed by atoms with Gasteiger partial charge in [-0.1, -0.05) is 36.4 Å². The van der Waals surface area contributed by atoms with Gasteiger partial charge in [0.1, 0.15) is 0 Å². The minimum atomic E-state index is -0.0666. The number of rotatable bonds is 5. The molecule has 1 N–H and O–H groups in total. The third-order valence-electron chi connectivity index (χ3n) is 5.42. The maximum atomic E-state index is 13.0. The highest BCUT2D eigenvalue weighted by Crippen LogP contribution is 2.22. The Morgan fingerprint density at radius 3 is 2.53 bits per heavy atom. The van der Waals surface area contributed by atoms with Crippen LogP contribution in [0, 0.1) is 5.92 Å². The van der Waals surface area contributed by atoms with Gasteiger partial charge in [-0.05, 0) is 36.6 Å². The van der Waals surface area contributed by atoms with Gasteiger partial charge >= 0.3 is 0 Å². The van der Waals surface area contributed by atoms with Crippen molar-refractivity contribution in [3.8, 4) is 11.3 Å². The van der Waals surface area contributed by atoms with Crippen molar-refractivity contribution in [1.82, 2.24) is 20.2 Å². The zero-order valence-corrected chi connectivity index (χ0v) is 16.7. The van der Waals surface area contributed by atoms with Crippen LogP contribution in [-0.2, 0) is 11.3 Å². The topological polar surface area (TPSA) is 75.2 Å². The highest BCUT2D eigenvalue weighted by Gasteiger charge is 2.27. The van der Waals surface area contributed by atoms with Gasteiger partial charge in [-0.2, -0.15) is 0 Å². The number of likely N-dealkylation sites (tertiary alicyclic amines) is 1. The van der Waals surface area contributed by atoms with Crippen LogP contribution in [0.25, 0.3) is 11.3 Å². The van der Waals surface area contributed by atoms with Crippen LogP contribution < -0.4 is 5.32 Å². The van der Waals surface area contributed by atoms with Crippen molar-refractivity contribution in [2.45, 2.75) is 19.4 Å². The molecule has 0 bridgehead atoms. The van der Waals surface area contributed by atoms with Gasteiger partial charge in [-0.3, -0.25) is 19.6 Å². The second-order valence-corrected chi connectivity index (χ2v) is 7.44. The van der Waals surface area contributed by atoms with Crippen LogP contribution in [0.5, 0.6) is 0 Å². The molecule has 3 heterocycles. The van der Waals surface area contributed by atoms with Gasteiger partial charge in [0, 0.05) is 55.3 Å². The monoisotopic (exact) mass is 400 g/mol. The number of amides is 2. The first-order chi connectivity index (χ1) is 14.7. The Morgan fingerprint density at radius 2 is 1.80 bits per heavy atom. The number of hydrogen-bond acceptors (Lipinski definition) is 4. The zero-order chi connectivity index (χ0) is 20.8. The van der Waals surface area contributed by atoms with Gasteiger partial charge in [0.15, 0.2) is 0 Å². The van der Waals surface area contributed by atoms with Gasteiger partial charge in [0.05, 0.1) is 5.69 Å². The number of carbonyl (C=O) groups excluding carboxylic acids is 2. The lowest BCUT2D eigenvalue weighted by atomic mass is 9.95. The smallest absolute Gasteiger partial charge is 0.253 e. The van der Waals surface area contributed by atoms with Crippen LogP contribution in [0.1, 0.15) is 28.8 Å². The molecular formula is C24H24N4O2. The summed E-state index contributed by atoms with van der Waals surface area (Å²) in [5.74, 6) is -0.0342. The van der Waals surface area contributed by atoms with Crippen molar-refractivity contribution in [2.75, 3.05) is 13.1 Å². The summed E-state index contributed by atoms with van der Waals surface area (Å²) >= 11 is 0. The van der Waals surface area contributed by atoms with E-state index in [4.69, 9.17) is 0 Å². The number of pyridine rings is 2. The van der Waals surface area contributed by atoms with Crippen molar-refractivity contribution in [1.29, 1.82) is 0 Å². The molecule has 0 radical (unpaired) electrons. The Labute approximate surface area is 176 Å². The minimum Gasteiger partial charge on any atom is -0.352 e. The number of hydrogen-bond donors (Lipinski definition) is 1. The lowest BCUT2D eigenvalue weighted by molar-refractivity contribution is -0.126. The number of carbonyl (C=O) groups is 2. The summed E-state index contributed by atoms with van der Waals surface area (Å²) in [5.41, 5.74) is 3.37. The summed E-state index contributed by atoms with van der Waals surface area (Å²) in [6, 6.07) is 17.2. The number of nitrogens with one attached hydrogen (secondary N) is 1. The van der Waals surface area contributed by atoms with Crippen molar-refractivity contribution in [2.24, 2.45) is 5.92 Å². The normalized spacial score (nSPS) is 14.3. The van der Waals surface area contributed by atoms with Crippen molar-refractivity contribution >= 4 is 11.8 Å². The molecule has 0 aliphatic carbocycles. The molecule has 3 aromatic rings. The number of benzene rings is 1. The second kappa shape index (κ2) is 9.31. The predicted octanol–water partition coefficient (Wildman–Crippen LogP) is 3.31. The van der Waals surface area contributed by atoms with E-state index in [1.54, 1.807) is 24.7 Å². The van der Waals surface area contributed by atoms with E-state index >= 15 is 0 Å². The summed E-state index contributed by atoms with van der Waals surface area (Å²) in [7, 11) is 0. The second-order valence-electron chi connectivity index (χ2n) is 7.44. The molecule has 2 amide bonds. The van der Waals surface area contributed by atoms with Gasteiger partial charge in [-0.25, -0.2) is 0 Å². The first kappa shape index (κ1) is 19.8. The van der Waals surface area contributed by atoms with Crippen LogP contribution >= 0.6 is 0 Å². The van der Waals surface area contributed by atoms with Crippen LogP contribution in [0.3, 0.4) is 0 Å². The van der Waals surface area contributed by atoms with E-state index < -0.39 is 0 Å². The molecule has 1 aliphatic heterocycles.